The van der Waals surface area contributed by atoms with E-state index in [9.17, 15) is 14.7 Å². The lowest BCUT2D eigenvalue weighted by Gasteiger charge is -2.28. The van der Waals surface area contributed by atoms with Gasteiger partial charge in [0.1, 0.15) is 5.60 Å². The highest BCUT2D eigenvalue weighted by Crippen LogP contribution is 2.38. The number of nitrogens with one attached hydrogen (secondary N) is 2. The number of aliphatic hydroxyl groups excluding tert-OH is 1. The molecule has 9 heteroatoms. The minimum absolute atomic E-state index is 0.0198. The van der Waals surface area contributed by atoms with Gasteiger partial charge in [0, 0.05) is 38.5 Å². The van der Waals surface area contributed by atoms with Crippen LogP contribution in [0.2, 0.25) is 0 Å². The summed E-state index contributed by atoms with van der Waals surface area (Å²) in [6, 6.07) is 3.28. The molecule has 2 aliphatic heterocycles. The van der Waals surface area contributed by atoms with Gasteiger partial charge in [0.2, 0.25) is 0 Å². The summed E-state index contributed by atoms with van der Waals surface area (Å²) in [5, 5.41) is 16.2. The van der Waals surface area contributed by atoms with Crippen molar-refractivity contribution in [3.63, 3.8) is 0 Å². The van der Waals surface area contributed by atoms with E-state index in [0.29, 0.717) is 49.9 Å². The van der Waals surface area contributed by atoms with Gasteiger partial charge in [0.25, 0.3) is 5.91 Å². The molecule has 0 aliphatic carbocycles. The predicted molar refractivity (Wildman–Crippen MR) is 116 cm³/mol. The van der Waals surface area contributed by atoms with Crippen LogP contribution >= 0.6 is 0 Å². The first kappa shape index (κ1) is 23.1. The van der Waals surface area contributed by atoms with Gasteiger partial charge in [-0.15, -0.1) is 0 Å². The molecule has 2 amide bonds. The summed E-state index contributed by atoms with van der Waals surface area (Å²) in [6.07, 6.45) is 0.427. The van der Waals surface area contributed by atoms with Gasteiger partial charge in [-0.1, -0.05) is 0 Å². The van der Waals surface area contributed by atoms with Gasteiger partial charge in [-0.2, -0.15) is 0 Å². The van der Waals surface area contributed by atoms with Crippen molar-refractivity contribution in [2.24, 2.45) is 5.92 Å². The molecule has 1 aromatic carbocycles. The van der Waals surface area contributed by atoms with E-state index in [4.69, 9.17) is 14.2 Å². The Kier molecular flexibility index (Phi) is 7.27. The van der Waals surface area contributed by atoms with Crippen LogP contribution in [0.5, 0.6) is 11.5 Å². The highest BCUT2D eigenvalue weighted by molar-refractivity contribution is 6.00. The minimum Gasteiger partial charge on any atom is -0.489 e. The normalized spacial score (nSPS) is 21.1. The number of benzene rings is 1. The zero-order valence-electron chi connectivity index (χ0n) is 18.7. The van der Waals surface area contributed by atoms with Crippen LogP contribution in [0, 0.1) is 5.92 Å². The van der Waals surface area contributed by atoms with Crippen LogP contribution in [0.15, 0.2) is 12.1 Å². The van der Waals surface area contributed by atoms with Gasteiger partial charge in [0.15, 0.2) is 11.5 Å². The number of anilines is 1. The molecule has 0 spiro atoms. The fourth-order valence-electron chi connectivity index (χ4n) is 3.51. The van der Waals surface area contributed by atoms with Gasteiger partial charge in [0.05, 0.1) is 30.6 Å². The zero-order valence-corrected chi connectivity index (χ0v) is 18.7. The second kappa shape index (κ2) is 9.74. The third-order valence-corrected chi connectivity index (χ3v) is 5.25. The number of fused-ring (bicyclic) bond motifs is 1. The molecule has 0 saturated carbocycles. The van der Waals surface area contributed by atoms with E-state index in [1.54, 1.807) is 40.0 Å². The number of hydrogen-bond acceptors (Lipinski definition) is 7. The van der Waals surface area contributed by atoms with E-state index in [0.717, 1.165) is 13.0 Å². The number of nitrogens with zero attached hydrogens (tertiary/aromatic N) is 1. The second-order valence-corrected chi connectivity index (χ2v) is 8.94. The molecular formula is C22H33N3O6. The van der Waals surface area contributed by atoms with E-state index < -0.39 is 17.8 Å². The Morgan fingerprint density at radius 1 is 1.29 bits per heavy atom. The maximum atomic E-state index is 13.1. The van der Waals surface area contributed by atoms with Crippen molar-refractivity contribution in [2.75, 3.05) is 44.8 Å². The average molecular weight is 436 g/mol. The lowest BCUT2D eigenvalue weighted by Crippen LogP contribution is -2.45. The van der Waals surface area contributed by atoms with Crippen molar-refractivity contribution in [1.82, 2.24) is 10.6 Å². The van der Waals surface area contributed by atoms with Gasteiger partial charge in [-0.25, -0.2) is 4.79 Å². The van der Waals surface area contributed by atoms with Crippen molar-refractivity contribution >= 4 is 17.7 Å². The van der Waals surface area contributed by atoms with Crippen LogP contribution in [0.25, 0.3) is 0 Å². The third kappa shape index (κ3) is 6.01. The first-order valence-corrected chi connectivity index (χ1v) is 10.7. The lowest BCUT2D eigenvalue weighted by molar-refractivity contribution is 0.0588. The average Bonchev–Trinajstić information content (AvgIpc) is 2.95. The molecule has 9 nitrogen and oxygen atoms in total. The molecule has 0 radical (unpaired) electrons. The van der Waals surface area contributed by atoms with Crippen molar-refractivity contribution in [1.29, 1.82) is 0 Å². The van der Waals surface area contributed by atoms with E-state index >= 15 is 0 Å². The van der Waals surface area contributed by atoms with Crippen LogP contribution in [0.3, 0.4) is 0 Å². The fourth-order valence-corrected chi connectivity index (χ4v) is 3.51. The number of carbonyl (C=O) groups is 2. The summed E-state index contributed by atoms with van der Waals surface area (Å²) in [5.74, 6) is 0.417. The SMILES string of the molecule is CN(C(=O)OC(C)(C)C)c1cc2c(c(C(=O)NC[C@@H]3CCNC[C@H]3O)c1)OCCCO2. The first-order chi connectivity index (χ1) is 14.7. The van der Waals surface area contributed by atoms with Crippen molar-refractivity contribution < 1.29 is 28.9 Å². The molecule has 2 aliphatic rings. The van der Waals surface area contributed by atoms with Gasteiger partial charge in [-0.05, 0) is 39.8 Å². The summed E-state index contributed by atoms with van der Waals surface area (Å²) in [7, 11) is 1.58. The Bertz CT molecular complexity index is 807. The Morgan fingerprint density at radius 2 is 2.03 bits per heavy atom. The molecule has 0 bridgehead atoms. The van der Waals surface area contributed by atoms with Gasteiger partial charge < -0.3 is 30.0 Å². The van der Waals surface area contributed by atoms with Crippen molar-refractivity contribution in [2.45, 2.75) is 45.3 Å². The maximum Gasteiger partial charge on any atom is 0.414 e. The smallest absolute Gasteiger partial charge is 0.414 e. The molecule has 3 N–H and O–H groups in total. The number of aliphatic hydroxyl groups is 1. The summed E-state index contributed by atoms with van der Waals surface area (Å²) in [5.41, 5.74) is 0.103. The molecule has 1 saturated heterocycles. The van der Waals surface area contributed by atoms with E-state index in [-0.39, 0.29) is 17.4 Å². The molecule has 31 heavy (non-hydrogen) atoms. The topological polar surface area (TPSA) is 109 Å². The van der Waals surface area contributed by atoms with E-state index in [2.05, 4.69) is 10.6 Å². The second-order valence-electron chi connectivity index (χ2n) is 8.94. The van der Waals surface area contributed by atoms with Crippen LogP contribution < -0.4 is 25.0 Å². The number of hydrogen-bond donors (Lipinski definition) is 3. The predicted octanol–water partition coefficient (Wildman–Crippen LogP) is 1.92. The van der Waals surface area contributed by atoms with Crippen LogP contribution in [0.1, 0.15) is 44.0 Å². The van der Waals surface area contributed by atoms with Crippen LogP contribution in [-0.4, -0.2) is 68.7 Å². The molecule has 1 aromatic rings. The molecule has 1 fully saturated rings. The highest BCUT2D eigenvalue weighted by Gasteiger charge is 2.28. The molecule has 0 aromatic heterocycles. The highest BCUT2D eigenvalue weighted by atomic mass is 16.6. The van der Waals surface area contributed by atoms with Crippen molar-refractivity contribution in [3.8, 4) is 11.5 Å². The summed E-state index contributed by atoms with van der Waals surface area (Å²) in [4.78, 5) is 27.0. The Labute approximate surface area is 183 Å². The number of amides is 2. The Hall–Kier alpha value is -2.52. The molecule has 3 rings (SSSR count). The minimum atomic E-state index is -0.646. The third-order valence-electron chi connectivity index (χ3n) is 5.25. The molecule has 2 atom stereocenters. The van der Waals surface area contributed by atoms with Gasteiger partial charge in [-0.3, -0.25) is 9.69 Å². The number of rotatable bonds is 4. The van der Waals surface area contributed by atoms with Gasteiger partial charge >= 0.3 is 6.09 Å². The quantitative estimate of drug-likeness (QED) is 0.663. The number of β-amino-alcohol motifs (C(OH)–C–C–N with tert-alkyl or cyclic N) is 1. The standard InChI is InChI=1S/C22H33N3O6/c1-22(2,3)31-21(28)25(4)15-10-16(19-18(11-15)29-8-5-9-30-19)20(27)24-12-14-6-7-23-13-17(14)26/h10-11,14,17,23,26H,5-9,12-13H2,1-4H3,(H,24,27)/t14-,17+/m0/s1. The Balaban J connectivity index is 1.84. The summed E-state index contributed by atoms with van der Waals surface area (Å²) in [6.45, 7) is 7.94. The first-order valence-electron chi connectivity index (χ1n) is 10.7. The summed E-state index contributed by atoms with van der Waals surface area (Å²) >= 11 is 0. The number of piperidine rings is 1. The molecule has 0 unspecified atom stereocenters. The van der Waals surface area contributed by atoms with Crippen LogP contribution in [-0.2, 0) is 4.74 Å². The maximum absolute atomic E-state index is 13.1. The summed E-state index contributed by atoms with van der Waals surface area (Å²) < 4.78 is 17.0. The molecule has 172 valence electrons. The molecular weight excluding hydrogens is 402 g/mol. The monoisotopic (exact) mass is 435 g/mol. The van der Waals surface area contributed by atoms with Crippen LogP contribution in [0.4, 0.5) is 10.5 Å². The molecule has 2 heterocycles. The van der Waals surface area contributed by atoms with E-state index in [1.807, 2.05) is 0 Å². The lowest BCUT2D eigenvalue weighted by atomic mass is 9.95. The van der Waals surface area contributed by atoms with Crippen molar-refractivity contribution in [3.05, 3.63) is 17.7 Å². The number of carbonyl (C=O) groups excluding carboxylic acids is 2. The fraction of sp³-hybridized carbons (Fsp3) is 0.636. The Morgan fingerprint density at radius 3 is 2.74 bits per heavy atom. The largest absolute Gasteiger partial charge is 0.489 e. The zero-order chi connectivity index (χ0) is 22.6. The number of ether oxygens (including phenoxy) is 3. The van der Waals surface area contributed by atoms with E-state index in [1.165, 1.54) is 4.90 Å².